The molecule has 1 fully saturated rings. The second kappa shape index (κ2) is 9.38. The molecule has 1 aliphatic rings. The van der Waals surface area contributed by atoms with E-state index < -0.39 is 18.8 Å². The molecule has 35 heavy (non-hydrogen) atoms. The Morgan fingerprint density at radius 2 is 1.83 bits per heavy atom. The Morgan fingerprint density at radius 3 is 2.43 bits per heavy atom. The van der Waals surface area contributed by atoms with Crippen molar-refractivity contribution in [1.29, 1.82) is 0 Å². The van der Waals surface area contributed by atoms with Crippen molar-refractivity contribution in [3.8, 4) is 16.9 Å². The first-order valence-corrected chi connectivity index (χ1v) is 13.7. The number of anilines is 1. The van der Waals surface area contributed by atoms with Gasteiger partial charge in [0, 0.05) is 37.1 Å². The van der Waals surface area contributed by atoms with E-state index in [1.165, 1.54) is 38.6 Å². The number of rotatable bonds is 5. The fraction of sp³-hybridized carbons (Fsp3) is 0.320. The van der Waals surface area contributed by atoms with Crippen molar-refractivity contribution in [1.82, 2.24) is 14.9 Å². The van der Waals surface area contributed by atoms with Gasteiger partial charge in [0.2, 0.25) is 5.91 Å². The van der Waals surface area contributed by atoms with E-state index in [4.69, 9.17) is 4.74 Å². The lowest BCUT2D eigenvalue weighted by atomic mass is 9.96. The Morgan fingerprint density at radius 1 is 1.14 bits per heavy atom. The second-order valence-corrected chi connectivity index (χ2v) is 11.9. The number of hydrogen-bond acceptors (Lipinski definition) is 6. The zero-order valence-electron chi connectivity index (χ0n) is 20.1. The Balaban J connectivity index is 1.94. The fourth-order valence-electron chi connectivity index (χ4n) is 4.30. The SMILES string of the molecule is C=CC(=O)N1CCN(c2nc(P(C)(C)=O)nc3c(F)c(-c4c(F)cccc4OC)c(C)cc23)CC1. The molecule has 184 valence electrons. The number of halogens is 2. The number of carbonyl (C=O) groups is 1. The average molecular weight is 500 g/mol. The molecule has 0 unspecified atom stereocenters. The van der Waals surface area contributed by atoms with Crippen LogP contribution >= 0.6 is 7.14 Å². The molecule has 0 bridgehead atoms. The highest BCUT2D eigenvalue weighted by Crippen LogP contribution is 2.41. The molecule has 1 amide bonds. The summed E-state index contributed by atoms with van der Waals surface area (Å²) in [6.45, 7) is 10.0. The van der Waals surface area contributed by atoms with Crippen LogP contribution in [0.15, 0.2) is 36.9 Å². The number of fused-ring (bicyclic) bond motifs is 1. The maximum Gasteiger partial charge on any atom is 0.246 e. The van der Waals surface area contributed by atoms with Gasteiger partial charge in [-0.1, -0.05) is 12.6 Å². The topological polar surface area (TPSA) is 75.6 Å². The van der Waals surface area contributed by atoms with Crippen LogP contribution in [0, 0.1) is 18.6 Å². The summed E-state index contributed by atoms with van der Waals surface area (Å²) in [5.74, 6) is -0.883. The van der Waals surface area contributed by atoms with Gasteiger partial charge < -0.3 is 19.1 Å². The highest BCUT2D eigenvalue weighted by molar-refractivity contribution is 7.69. The molecule has 0 radical (unpaired) electrons. The van der Waals surface area contributed by atoms with Crippen molar-refractivity contribution in [2.75, 3.05) is 51.5 Å². The third kappa shape index (κ3) is 4.52. The molecule has 10 heteroatoms. The van der Waals surface area contributed by atoms with E-state index in [0.29, 0.717) is 42.9 Å². The molecule has 7 nitrogen and oxygen atoms in total. The summed E-state index contributed by atoms with van der Waals surface area (Å²) in [7, 11) is -1.57. The minimum atomic E-state index is -2.97. The van der Waals surface area contributed by atoms with Gasteiger partial charge in [0.05, 0.1) is 12.7 Å². The van der Waals surface area contributed by atoms with Crippen LogP contribution in [0.2, 0.25) is 0 Å². The van der Waals surface area contributed by atoms with Crippen LogP contribution in [0.1, 0.15) is 5.56 Å². The first-order chi connectivity index (χ1) is 16.6. The molecule has 1 aliphatic heterocycles. The summed E-state index contributed by atoms with van der Waals surface area (Å²) in [4.78, 5) is 24.5. The Kier molecular flexibility index (Phi) is 6.64. The number of aromatic nitrogens is 2. The Labute approximate surface area is 202 Å². The number of methoxy groups -OCH3 is 1. The van der Waals surface area contributed by atoms with E-state index >= 15 is 4.39 Å². The molecule has 0 aliphatic carbocycles. The molecule has 3 aromatic rings. The van der Waals surface area contributed by atoms with Crippen molar-refractivity contribution in [2.24, 2.45) is 0 Å². The van der Waals surface area contributed by atoms with Crippen molar-refractivity contribution in [3.05, 3.63) is 54.1 Å². The van der Waals surface area contributed by atoms with Crippen LogP contribution in [0.4, 0.5) is 14.6 Å². The standard InChI is InChI=1S/C25H27F2N4O3P/c1-6-19(32)30-10-12-31(13-11-30)24-16-14-15(2)20(21-17(26)8-7-9-18(21)34-3)22(27)23(16)28-25(29-24)35(4,5)33/h6-9,14H,1,10-13H2,2-5H3. The van der Waals surface area contributed by atoms with Gasteiger partial charge in [-0.2, -0.15) is 0 Å². The highest BCUT2D eigenvalue weighted by Gasteiger charge is 2.28. The van der Waals surface area contributed by atoms with Crippen LogP contribution in [-0.2, 0) is 9.36 Å². The monoisotopic (exact) mass is 500 g/mol. The lowest BCUT2D eigenvalue weighted by molar-refractivity contribution is -0.126. The van der Waals surface area contributed by atoms with Gasteiger partial charge in [0.15, 0.2) is 11.4 Å². The molecule has 0 N–H and O–H groups in total. The summed E-state index contributed by atoms with van der Waals surface area (Å²) in [5.41, 5.74) is 0.517. The molecule has 0 spiro atoms. The van der Waals surface area contributed by atoms with Gasteiger partial charge in [-0.3, -0.25) is 4.79 Å². The lowest BCUT2D eigenvalue weighted by Crippen LogP contribution is -2.49. The van der Waals surface area contributed by atoms with E-state index in [0.717, 1.165) is 0 Å². The third-order valence-corrected chi connectivity index (χ3v) is 7.25. The maximum absolute atomic E-state index is 16.2. The normalized spacial score (nSPS) is 14.3. The van der Waals surface area contributed by atoms with Crippen molar-refractivity contribution in [3.63, 3.8) is 0 Å². The summed E-state index contributed by atoms with van der Waals surface area (Å²) >= 11 is 0. The largest absolute Gasteiger partial charge is 0.496 e. The number of carbonyl (C=O) groups excluding carboxylic acids is 1. The van der Waals surface area contributed by atoms with E-state index in [9.17, 15) is 13.8 Å². The first kappa shape index (κ1) is 24.8. The predicted molar refractivity (Wildman–Crippen MR) is 134 cm³/mol. The maximum atomic E-state index is 16.2. The Hall–Kier alpha value is -3.32. The number of piperazine rings is 1. The smallest absolute Gasteiger partial charge is 0.246 e. The predicted octanol–water partition coefficient (Wildman–Crippen LogP) is 3.97. The first-order valence-electron chi connectivity index (χ1n) is 11.1. The van der Waals surface area contributed by atoms with Crippen LogP contribution in [-0.4, -0.2) is 67.4 Å². The Bertz CT molecular complexity index is 1380. The third-order valence-electron chi connectivity index (χ3n) is 6.09. The van der Waals surface area contributed by atoms with E-state index in [2.05, 4.69) is 16.5 Å². The van der Waals surface area contributed by atoms with Gasteiger partial charge in [0.1, 0.15) is 30.0 Å². The average Bonchev–Trinajstić information content (AvgIpc) is 2.83. The van der Waals surface area contributed by atoms with Gasteiger partial charge in [-0.25, -0.2) is 18.7 Å². The molecule has 1 aromatic heterocycles. The number of aryl methyl sites for hydroxylation is 1. The molecular weight excluding hydrogens is 473 g/mol. The number of hydrogen-bond donors (Lipinski definition) is 0. The second-order valence-electron chi connectivity index (χ2n) is 8.81. The van der Waals surface area contributed by atoms with E-state index in [1.54, 1.807) is 24.0 Å². The zero-order valence-corrected chi connectivity index (χ0v) is 21.0. The molecule has 4 rings (SSSR count). The van der Waals surface area contributed by atoms with Crippen LogP contribution < -0.4 is 15.2 Å². The number of amides is 1. The number of benzene rings is 2. The van der Waals surface area contributed by atoms with Gasteiger partial charge in [-0.05, 0) is 50.1 Å². The van der Waals surface area contributed by atoms with Crippen LogP contribution in [0.5, 0.6) is 5.75 Å². The van der Waals surface area contributed by atoms with Gasteiger partial charge in [0.25, 0.3) is 0 Å². The summed E-state index contributed by atoms with van der Waals surface area (Å²) in [6.07, 6.45) is 1.27. The lowest BCUT2D eigenvalue weighted by Gasteiger charge is -2.35. The van der Waals surface area contributed by atoms with E-state index in [-0.39, 0.29) is 33.9 Å². The molecular formula is C25H27F2N4O3P. The van der Waals surface area contributed by atoms with Crippen molar-refractivity contribution < 1.29 is 22.9 Å². The van der Waals surface area contributed by atoms with Crippen molar-refractivity contribution >= 4 is 35.3 Å². The summed E-state index contributed by atoms with van der Waals surface area (Å²) in [5, 5.41) is 0.430. The minimum absolute atomic E-state index is 0.00124. The molecule has 0 saturated carbocycles. The molecule has 2 heterocycles. The quantitative estimate of drug-likeness (QED) is 0.390. The molecule has 2 aromatic carbocycles. The summed E-state index contributed by atoms with van der Waals surface area (Å²) in [6, 6.07) is 6.02. The zero-order chi connectivity index (χ0) is 25.5. The van der Waals surface area contributed by atoms with E-state index in [1.807, 2.05) is 4.90 Å². The van der Waals surface area contributed by atoms with Gasteiger partial charge in [-0.15, -0.1) is 0 Å². The fourth-order valence-corrected chi connectivity index (χ4v) is 4.98. The summed E-state index contributed by atoms with van der Waals surface area (Å²) < 4.78 is 49.3. The van der Waals surface area contributed by atoms with Crippen LogP contribution in [0.3, 0.4) is 0 Å². The molecule has 0 atom stereocenters. The van der Waals surface area contributed by atoms with Crippen LogP contribution in [0.25, 0.3) is 22.0 Å². The minimum Gasteiger partial charge on any atom is -0.496 e. The van der Waals surface area contributed by atoms with Gasteiger partial charge >= 0.3 is 0 Å². The number of ether oxygens (including phenoxy) is 1. The highest BCUT2D eigenvalue weighted by atomic mass is 31.2. The van der Waals surface area contributed by atoms with Crippen molar-refractivity contribution in [2.45, 2.75) is 6.92 Å². The molecule has 1 saturated heterocycles. The number of nitrogens with zero attached hydrogens (tertiary/aromatic N) is 4.